The molecule has 8 heteroatoms. The third-order valence-corrected chi connectivity index (χ3v) is 4.77. The molecule has 4 rings (SSSR count). The minimum Gasteiger partial charge on any atom is -0.349 e. The van der Waals surface area contributed by atoms with E-state index >= 15 is 0 Å². The number of amides is 2. The van der Waals surface area contributed by atoms with E-state index in [0.717, 1.165) is 5.69 Å². The first kappa shape index (κ1) is 17.1. The maximum atomic E-state index is 12.7. The van der Waals surface area contributed by atoms with Crippen molar-refractivity contribution in [1.82, 2.24) is 29.8 Å². The SMILES string of the molecule is Cc1ccnc2nc(C(=O)N3CCC(NC(=O)c4ccccc4)CC3)nn12. The van der Waals surface area contributed by atoms with Gasteiger partial charge in [0.15, 0.2) is 0 Å². The third-order valence-electron chi connectivity index (χ3n) is 4.77. The van der Waals surface area contributed by atoms with Crippen LogP contribution in [0.4, 0.5) is 0 Å². The highest BCUT2D eigenvalue weighted by Crippen LogP contribution is 2.14. The topological polar surface area (TPSA) is 92.5 Å². The van der Waals surface area contributed by atoms with Crippen LogP contribution in [-0.4, -0.2) is 55.4 Å². The van der Waals surface area contributed by atoms with E-state index < -0.39 is 0 Å². The second kappa shape index (κ2) is 7.14. The predicted molar refractivity (Wildman–Crippen MR) is 98.4 cm³/mol. The lowest BCUT2D eigenvalue weighted by atomic mass is 10.0. The van der Waals surface area contributed by atoms with Gasteiger partial charge in [0.2, 0.25) is 5.82 Å². The molecule has 1 fully saturated rings. The van der Waals surface area contributed by atoms with Gasteiger partial charge in [-0.05, 0) is 38.0 Å². The summed E-state index contributed by atoms with van der Waals surface area (Å²) in [6.07, 6.45) is 3.05. The number of nitrogens with one attached hydrogen (secondary N) is 1. The van der Waals surface area contributed by atoms with Crippen LogP contribution in [0.15, 0.2) is 42.6 Å². The van der Waals surface area contributed by atoms with Gasteiger partial charge in [0, 0.05) is 36.6 Å². The van der Waals surface area contributed by atoms with Gasteiger partial charge in [-0.3, -0.25) is 9.59 Å². The molecule has 27 heavy (non-hydrogen) atoms. The first-order valence-corrected chi connectivity index (χ1v) is 8.95. The van der Waals surface area contributed by atoms with E-state index in [1.54, 1.807) is 27.7 Å². The number of hydrogen-bond acceptors (Lipinski definition) is 5. The number of carbonyl (C=O) groups excluding carboxylic acids is 2. The Labute approximate surface area is 156 Å². The Balaban J connectivity index is 1.37. The quantitative estimate of drug-likeness (QED) is 0.760. The standard InChI is InChI=1S/C19H20N6O2/c1-13-7-10-20-19-22-16(23-25(13)19)18(27)24-11-8-15(9-12-24)21-17(26)14-5-3-2-4-6-14/h2-7,10,15H,8-9,11-12H2,1H3,(H,21,26). The first-order valence-electron chi connectivity index (χ1n) is 8.95. The van der Waals surface area contributed by atoms with Crippen LogP contribution in [0.1, 0.15) is 39.5 Å². The summed E-state index contributed by atoms with van der Waals surface area (Å²) in [7, 11) is 0. The molecule has 2 aromatic heterocycles. The van der Waals surface area contributed by atoms with Crippen molar-refractivity contribution in [3.63, 3.8) is 0 Å². The Morgan fingerprint density at radius 1 is 1.11 bits per heavy atom. The zero-order chi connectivity index (χ0) is 18.8. The van der Waals surface area contributed by atoms with Gasteiger partial charge in [0.25, 0.3) is 17.6 Å². The van der Waals surface area contributed by atoms with Gasteiger partial charge in [-0.25, -0.2) is 9.50 Å². The fourth-order valence-electron chi connectivity index (χ4n) is 3.22. The van der Waals surface area contributed by atoms with Gasteiger partial charge in [-0.1, -0.05) is 18.2 Å². The molecular weight excluding hydrogens is 344 g/mol. The minimum atomic E-state index is -0.201. The molecule has 1 saturated heterocycles. The van der Waals surface area contributed by atoms with Crippen LogP contribution in [-0.2, 0) is 0 Å². The molecule has 0 radical (unpaired) electrons. The highest BCUT2D eigenvalue weighted by Gasteiger charge is 2.27. The molecule has 1 aliphatic rings. The van der Waals surface area contributed by atoms with E-state index in [2.05, 4.69) is 20.4 Å². The zero-order valence-electron chi connectivity index (χ0n) is 15.0. The summed E-state index contributed by atoms with van der Waals surface area (Å²) in [5.74, 6) is 0.295. The zero-order valence-corrected chi connectivity index (χ0v) is 15.0. The summed E-state index contributed by atoms with van der Waals surface area (Å²) in [5.41, 5.74) is 1.52. The number of piperidine rings is 1. The summed E-state index contributed by atoms with van der Waals surface area (Å²) in [6, 6.07) is 11.0. The number of benzene rings is 1. The van der Waals surface area contributed by atoms with Crippen LogP contribution < -0.4 is 5.32 Å². The van der Waals surface area contributed by atoms with Crippen molar-refractivity contribution >= 4 is 17.6 Å². The number of hydrogen-bond donors (Lipinski definition) is 1. The molecule has 0 spiro atoms. The lowest BCUT2D eigenvalue weighted by Crippen LogP contribution is -2.46. The highest BCUT2D eigenvalue weighted by atomic mass is 16.2. The molecule has 0 bridgehead atoms. The lowest BCUT2D eigenvalue weighted by Gasteiger charge is -2.31. The van der Waals surface area contributed by atoms with E-state index in [1.807, 2.05) is 31.2 Å². The van der Waals surface area contributed by atoms with Gasteiger partial charge in [0.1, 0.15) is 0 Å². The van der Waals surface area contributed by atoms with Crippen molar-refractivity contribution in [2.75, 3.05) is 13.1 Å². The second-order valence-corrected chi connectivity index (χ2v) is 6.64. The molecule has 0 saturated carbocycles. The summed E-state index contributed by atoms with van der Waals surface area (Å²) < 4.78 is 1.57. The monoisotopic (exact) mass is 364 g/mol. The molecule has 1 aromatic carbocycles. The van der Waals surface area contributed by atoms with E-state index in [1.165, 1.54) is 0 Å². The maximum absolute atomic E-state index is 12.7. The number of fused-ring (bicyclic) bond motifs is 1. The molecule has 3 heterocycles. The van der Waals surface area contributed by atoms with Gasteiger partial charge in [0.05, 0.1) is 0 Å². The van der Waals surface area contributed by atoms with Crippen LogP contribution in [0.3, 0.4) is 0 Å². The first-order chi connectivity index (χ1) is 13.1. The molecule has 0 aliphatic carbocycles. The highest BCUT2D eigenvalue weighted by molar-refractivity contribution is 5.94. The fourth-order valence-corrected chi connectivity index (χ4v) is 3.22. The molecular formula is C19H20N6O2. The predicted octanol–water partition coefficient (Wildman–Crippen LogP) is 1.47. The third kappa shape index (κ3) is 3.51. The Morgan fingerprint density at radius 2 is 1.85 bits per heavy atom. The van der Waals surface area contributed by atoms with Crippen molar-refractivity contribution in [2.24, 2.45) is 0 Å². The summed E-state index contributed by atoms with van der Waals surface area (Å²) in [4.78, 5) is 35.1. The largest absolute Gasteiger partial charge is 0.349 e. The number of aryl methyl sites for hydroxylation is 1. The Bertz CT molecular complexity index is 976. The molecule has 2 amide bonds. The van der Waals surface area contributed by atoms with E-state index in [4.69, 9.17) is 0 Å². The molecule has 3 aromatic rings. The number of likely N-dealkylation sites (tertiary alicyclic amines) is 1. The van der Waals surface area contributed by atoms with Crippen LogP contribution in [0, 0.1) is 6.92 Å². The molecule has 1 aliphatic heterocycles. The number of aromatic nitrogens is 4. The number of carbonyl (C=O) groups is 2. The van der Waals surface area contributed by atoms with E-state index in [0.29, 0.717) is 37.3 Å². The van der Waals surface area contributed by atoms with Gasteiger partial charge < -0.3 is 10.2 Å². The number of nitrogens with zero attached hydrogens (tertiary/aromatic N) is 5. The van der Waals surface area contributed by atoms with Crippen LogP contribution >= 0.6 is 0 Å². The summed E-state index contributed by atoms with van der Waals surface area (Å²) >= 11 is 0. The number of rotatable bonds is 3. The van der Waals surface area contributed by atoms with Crippen molar-refractivity contribution in [3.05, 3.63) is 59.7 Å². The van der Waals surface area contributed by atoms with Crippen molar-refractivity contribution < 1.29 is 9.59 Å². The fraction of sp³-hybridized carbons (Fsp3) is 0.316. The van der Waals surface area contributed by atoms with Crippen molar-refractivity contribution in [2.45, 2.75) is 25.8 Å². The lowest BCUT2D eigenvalue weighted by molar-refractivity contribution is 0.0686. The average Bonchev–Trinajstić information content (AvgIpc) is 3.14. The Kier molecular flexibility index (Phi) is 4.53. The van der Waals surface area contributed by atoms with Crippen LogP contribution in [0.25, 0.3) is 5.78 Å². The Morgan fingerprint density at radius 3 is 2.56 bits per heavy atom. The van der Waals surface area contributed by atoms with Crippen molar-refractivity contribution in [3.8, 4) is 0 Å². The maximum Gasteiger partial charge on any atom is 0.293 e. The minimum absolute atomic E-state index is 0.0553. The van der Waals surface area contributed by atoms with E-state index in [9.17, 15) is 9.59 Å². The summed E-state index contributed by atoms with van der Waals surface area (Å²) in [5, 5.41) is 7.32. The summed E-state index contributed by atoms with van der Waals surface area (Å²) in [6.45, 7) is 3.00. The second-order valence-electron chi connectivity index (χ2n) is 6.64. The van der Waals surface area contributed by atoms with Gasteiger partial charge in [-0.2, -0.15) is 4.98 Å². The molecule has 0 unspecified atom stereocenters. The van der Waals surface area contributed by atoms with Gasteiger partial charge >= 0.3 is 0 Å². The van der Waals surface area contributed by atoms with Crippen LogP contribution in [0.2, 0.25) is 0 Å². The molecule has 138 valence electrons. The van der Waals surface area contributed by atoms with E-state index in [-0.39, 0.29) is 23.7 Å². The van der Waals surface area contributed by atoms with Crippen LogP contribution in [0.5, 0.6) is 0 Å². The molecule has 0 atom stereocenters. The molecule has 8 nitrogen and oxygen atoms in total. The van der Waals surface area contributed by atoms with Gasteiger partial charge in [-0.15, -0.1) is 5.10 Å². The Hall–Kier alpha value is -3.29. The smallest absolute Gasteiger partial charge is 0.293 e. The van der Waals surface area contributed by atoms with Crippen molar-refractivity contribution in [1.29, 1.82) is 0 Å². The molecule has 1 N–H and O–H groups in total. The normalized spacial score (nSPS) is 15.1. The average molecular weight is 364 g/mol.